The van der Waals surface area contributed by atoms with E-state index in [2.05, 4.69) is 20.6 Å². The number of ether oxygens (including phenoxy) is 2. The fourth-order valence-electron chi connectivity index (χ4n) is 3.12. The molecule has 12 nitrogen and oxygen atoms in total. The number of aryl methyl sites for hydroxylation is 2. The van der Waals surface area contributed by atoms with Crippen LogP contribution in [0.3, 0.4) is 0 Å². The fraction of sp³-hybridized carbons (Fsp3) is 0.609. The van der Waals surface area contributed by atoms with Crippen LogP contribution in [-0.4, -0.2) is 51.9 Å². The Balaban J connectivity index is 2.25. The van der Waals surface area contributed by atoms with Crippen molar-refractivity contribution in [2.45, 2.75) is 85.1 Å². The van der Waals surface area contributed by atoms with Gasteiger partial charge in [-0.2, -0.15) is 0 Å². The molecule has 194 valence electrons. The molecular formula is C23H34N4O8. The number of aliphatic hydroxyl groups is 1. The minimum absolute atomic E-state index is 0.00254. The van der Waals surface area contributed by atoms with Crippen molar-refractivity contribution < 1.29 is 37.8 Å². The molecule has 35 heavy (non-hydrogen) atoms. The summed E-state index contributed by atoms with van der Waals surface area (Å²) in [5, 5.41) is 15.8. The number of aromatic nitrogens is 2. The average molecular weight is 495 g/mol. The third-order valence-corrected chi connectivity index (χ3v) is 4.83. The normalized spacial score (nSPS) is 13.1. The lowest BCUT2D eigenvalue weighted by Gasteiger charge is -2.20. The van der Waals surface area contributed by atoms with E-state index in [1.807, 2.05) is 0 Å². The van der Waals surface area contributed by atoms with Gasteiger partial charge in [0, 0.05) is 12.8 Å². The number of aliphatic hydroxyl groups excluding tert-OH is 1. The molecule has 2 rings (SSSR count). The summed E-state index contributed by atoms with van der Waals surface area (Å²) < 4.78 is 21.2. The molecule has 0 spiro atoms. The summed E-state index contributed by atoms with van der Waals surface area (Å²) in [6.07, 6.45) is -0.722. The van der Waals surface area contributed by atoms with Crippen molar-refractivity contribution in [1.29, 1.82) is 0 Å². The van der Waals surface area contributed by atoms with Crippen molar-refractivity contribution in [3.8, 4) is 0 Å². The predicted octanol–water partition coefficient (Wildman–Crippen LogP) is 2.84. The summed E-state index contributed by atoms with van der Waals surface area (Å²) >= 11 is 0. The summed E-state index contributed by atoms with van der Waals surface area (Å²) in [5.74, 6) is -0.658. The van der Waals surface area contributed by atoms with Crippen LogP contribution in [0.5, 0.6) is 0 Å². The van der Waals surface area contributed by atoms with Crippen LogP contribution in [0.2, 0.25) is 0 Å². The lowest BCUT2D eigenvalue weighted by atomic mass is 10.1. The Bertz CT molecular complexity index is 1040. The Kier molecular flexibility index (Phi) is 9.40. The molecule has 0 fully saturated rings. The minimum atomic E-state index is -1.06. The largest absolute Gasteiger partial charge is 0.464 e. The number of nitrogens with one attached hydrogen (secondary N) is 2. The Labute approximate surface area is 203 Å². The number of methoxy groups -OCH3 is 1. The number of amides is 2. The highest BCUT2D eigenvalue weighted by Crippen LogP contribution is 2.24. The van der Waals surface area contributed by atoms with Gasteiger partial charge in [0.15, 0.2) is 11.4 Å². The van der Waals surface area contributed by atoms with Crippen LogP contribution in [0.1, 0.15) is 98.3 Å². The molecular weight excluding hydrogens is 460 g/mol. The van der Waals surface area contributed by atoms with Gasteiger partial charge in [-0.1, -0.05) is 20.8 Å². The van der Waals surface area contributed by atoms with E-state index >= 15 is 0 Å². The van der Waals surface area contributed by atoms with Crippen molar-refractivity contribution in [1.82, 2.24) is 20.6 Å². The van der Waals surface area contributed by atoms with E-state index in [0.717, 1.165) is 0 Å². The van der Waals surface area contributed by atoms with Crippen molar-refractivity contribution in [3.05, 3.63) is 34.7 Å². The van der Waals surface area contributed by atoms with Gasteiger partial charge in [0.05, 0.1) is 19.8 Å². The molecule has 0 radical (unpaired) electrons. The number of nitrogens with zero attached hydrogens (tertiary/aromatic N) is 2. The van der Waals surface area contributed by atoms with E-state index in [1.165, 1.54) is 7.11 Å². The molecule has 0 bridgehead atoms. The monoisotopic (exact) mass is 494 g/mol. The van der Waals surface area contributed by atoms with Crippen molar-refractivity contribution in [2.75, 3.05) is 7.11 Å². The zero-order chi connectivity index (χ0) is 26.3. The quantitative estimate of drug-likeness (QED) is 0.418. The number of rotatable bonds is 10. The molecule has 2 aromatic rings. The van der Waals surface area contributed by atoms with Gasteiger partial charge in [0.1, 0.15) is 23.2 Å². The second-order valence-electron chi connectivity index (χ2n) is 8.68. The van der Waals surface area contributed by atoms with Gasteiger partial charge in [0.25, 0.3) is 5.91 Å². The first-order valence-electron chi connectivity index (χ1n) is 11.5. The van der Waals surface area contributed by atoms with Crippen LogP contribution in [-0.2, 0) is 28.9 Å². The third-order valence-electron chi connectivity index (χ3n) is 4.83. The molecule has 0 aliphatic carbocycles. The first kappa shape index (κ1) is 27.8. The van der Waals surface area contributed by atoms with Crippen LogP contribution >= 0.6 is 0 Å². The van der Waals surface area contributed by atoms with Gasteiger partial charge in [-0.25, -0.2) is 19.6 Å². The molecule has 2 amide bonds. The topological polar surface area (TPSA) is 166 Å². The van der Waals surface area contributed by atoms with Crippen LogP contribution in [0.4, 0.5) is 4.79 Å². The van der Waals surface area contributed by atoms with E-state index in [4.69, 9.17) is 18.3 Å². The molecule has 0 saturated carbocycles. The summed E-state index contributed by atoms with van der Waals surface area (Å²) in [6.45, 7) is 10.4. The summed E-state index contributed by atoms with van der Waals surface area (Å²) in [4.78, 5) is 45.4. The highest BCUT2D eigenvalue weighted by Gasteiger charge is 2.32. The lowest BCUT2D eigenvalue weighted by molar-refractivity contribution is 0.0517. The maximum atomic E-state index is 13.1. The molecule has 2 atom stereocenters. The zero-order valence-electron chi connectivity index (χ0n) is 21.2. The van der Waals surface area contributed by atoms with Crippen LogP contribution in [0, 0.1) is 0 Å². The maximum Gasteiger partial charge on any atom is 0.408 e. The Hall–Kier alpha value is -3.41. The SMILES string of the molecule is CCc1oc(CNC(=O)OC(C)(C)C)nc1C(=O)NC(c1nc(C(=O)OC)c(CC)o1)C(O)CC. The fourth-order valence-corrected chi connectivity index (χ4v) is 3.12. The van der Waals surface area contributed by atoms with E-state index in [0.29, 0.717) is 18.6 Å². The number of carbonyl (C=O) groups excluding carboxylic acids is 3. The van der Waals surface area contributed by atoms with Gasteiger partial charge >= 0.3 is 12.1 Å². The number of esters is 1. The van der Waals surface area contributed by atoms with Gasteiger partial charge in [-0.3, -0.25) is 4.79 Å². The van der Waals surface area contributed by atoms with Crippen molar-refractivity contribution in [3.63, 3.8) is 0 Å². The molecule has 0 aromatic carbocycles. The van der Waals surface area contributed by atoms with Gasteiger partial charge in [0.2, 0.25) is 11.8 Å². The Morgan fingerprint density at radius 3 is 2.20 bits per heavy atom. The first-order valence-corrected chi connectivity index (χ1v) is 11.5. The number of alkyl carbamates (subject to hydrolysis) is 1. The molecule has 12 heteroatoms. The summed E-state index contributed by atoms with van der Waals surface area (Å²) in [6, 6.07) is -1.05. The predicted molar refractivity (Wildman–Crippen MR) is 123 cm³/mol. The molecule has 2 unspecified atom stereocenters. The van der Waals surface area contributed by atoms with Crippen molar-refractivity contribution >= 4 is 18.0 Å². The molecule has 2 heterocycles. The second-order valence-corrected chi connectivity index (χ2v) is 8.68. The number of hydrogen-bond acceptors (Lipinski definition) is 10. The molecule has 0 aliphatic heterocycles. The van der Waals surface area contributed by atoms with Crippen LogP contribution in [0.15, 0.2) is 8.83 Å². The lowest BCUT2D eigenvalue weighted by Crippen LogP contribution is -2.37. The third kappa shape index (κ3) is 7.28. The Morgan fingerprint density at radius 2 is 1.66 bits per heavy atom. The molecule has 0 saturated heterocycles. The molecule has 0 aliphatic rings. The zero-order valence-corrected chi connectivity index (χ0v) is 21.2. The van der Waals surface area contributed by atoms with Gasteiger partial charge in [-0.15, -0.1) is 0 Å². The number of hydrogen-bond donors (Lipinski definition) is 3. The van der Waals surface area contributed by atoms with Gasteiger partial charge in [-0.05, 0) is 27.2 Å². The van der Waals surface area contributed by atoms with E-state index in [-0.39, 0.29) is 41.9 Å². The summed E-state index contributed by atoms with van der Waals surface area (Å²) in [7, 11) is 1.22. The van der Waals surface area contributed by atoms with Gasteiger partial charge < -0.3 is 34.0 Å². The van der Waals surface area contributed by atoms with Crippen LogP contribution < -0.4 is 10.6 Å². The number of oxazole rings is 2. The first-order chi connectivity index (χ1) is 16.4. The smallest absolute Gasteiger partial charge is 0.408 e. The number of carbonyl (C=O) groups is 3. The highest BCUT2D eigenvalue weighted by atomic mass is 16.6. The Morgan fingerprint density at radius 1 is 1.03 bits per heavy atom. The van der Waals surface area contributed by atoms with Crippen molar-refractivity contribution in [2.24, 2.45) is 0 Å². The molecule has 2 aromatic heterocycles. The second kappa shape index (κ2) is 11.8. The standard InChI is InChI=1S/C23H34N4O8/c1-8-12(28)16(20-27-18(21(30)32-7)14(10-3)34-20)26-19(29)17-13(9-2)33-15(25-17)11-24-22(31)35-23(4,5)6/h12,16,28H,8-11H2,1-7H3,(H,24,31)(H,26,29). The van der Waals surface area contributed by atoms with E-state index in [9.17, 15) is 19.5 Å². The van der Waals surface area contributed by atoms with E-state index < -0.39 is 35.7 Å². The minimum Gasteiger partial charge on any atom is -0.464 e. The van der Waals surface area contributed by atoms with Crippen LogP contribution in [0.25, 0.3) is 0 Å². The average Bonchev–Trinajstić information content (AvgIpc) is 3.43. The summed E-state index contributed by atoms with van der Waals surface area (Å²) in [5.41, 5.74) is -0.684. The molecule has 3 N–H and O–H groups in total. The highest BCUT2D eigenvalue weighted by molar-refractivity contribution is 5.93. The van der Waals surface area contributed by atoms with E-state index in [1.54, 1.807) is 41.5 Å². The maximum absolute atomic E-state index is 13.1.